The summed E-state index contributed by atoms with van der Waals surface area (Å²) < 4.78 is 28.2. The molecule has 0 N–H and O–H groups in total. The second-order valence-electron chi connectivity index (χ2n) is 8.79. The number of benzene rings is 2. The summed E-state index contributed by atoms with van der Waals surface area (Å²) >= 11 is 1.47. The third kappa shape index (κ3) is 5.33. The Morgan fingerprint density at radius 3 is 2.36 bits per heavy atom. The number of unbranched alkanes of at least 4 members (excludes halogenated alkanes) is 1. The Labute approximate surface area is 216 Å². The number of pyridine rings is 1. The summed E-state index contributed by atoms with van der Waals surface area (Å²) in [7, 11) is -2.03. The normalized spacial score (nSPS) is 11.8. The predicted molar refractivity (Wildman–Crippen MR) is 145 cm³/mol. The molecular formula is C27H30N4O3S2. The highest BCUT2D eigenvalue weighted by molar-refractivity contribution is 7.89. The molecule has 2 heterocycles. The van der Waals surface area contributed by atoms with E-state index in [9.17, 15) is 13.2 Å². The summed E-state index contributed by atoms with van der Waals surface area (Å²) in [6.07, 6.45) is 3.39. The van der Waals surface area contributed by atoms with E-state index in [0.717, 1.165) is 39.9 Å². The minimum atomic E-state index is -3.61. The van der Waals surface area contributed by atoms with E-state index in [0.29, 0.717) is 17.2 Å². The second-order valence-corrected chi connectivity index (χ2v) is 11.8. The molecule has 0 saturated carbocycles. The Kier molecular flexibility index (Phi) is 7.82. The van der Waals surface area contributed by atoms with E-state index in [1.165, 1.54) is 27.8 Å². The van der Waals surface area contributed by atoms with Crippen LogP contribution in [0.4, 0.5) is 5.13 Å². The molecule has 0 aliphatic rings. The van der Waals surface area contributed by atoms with Gasteiger partial charge in [0, 0.05) is 25.4 Å². The van der Waals surface area contributed by atoms with Gasteiger partial charge in [0.1, 0.15) is 0 Å². The van der Waals surface area contributed by atoms with Gasteiger partial charge in [-0.25, -0.2) is 17.7 Å². The van der Waals surface area contributed by atoms with Gasteiger partial charge in [-0.1, -0.05) is 42.9 Å². The number of nitrogens with zero attached hydrogens (tertiary/aromatic N) is 4. The number of hydrogen-bond donors (Lipinski definition) is 0. The van der Waals surface area contributed by atoms with Crippen molar-refractivity contribution in [1.82, 2.24) is 14.3 Å². The number of hydrogen-bond acceptors (Lipinski definition) is 6. The Bertz CT molecular complexity index is 1430. The summed E-state index contributed by atoms with van der Waals surface area (Å²) in [6.45, 7) is 6.76. The number of thiazole rings is 1. The Morgan fingerprint density at radius 2 is 1.72 bits per heavy atom. The fraction of sp³-hybridized carbons (Fsp3) is 0.296. The third-order valence-corrected chi connectivity index (χ3v) is 9.17. The first-order valence-corrected chi connectivity index (χ1v) is 14.1. The molecule has 7 nitrogen and oxygen atoms in total. The van der Waals surface area contributed by atoms with Gasteiger partial charge in [-0.15, -0.1) is 0 Å². The third-order valence-electron chi connectivity index (χ3n) is 6.09. The minimum Gasteiger partial charge on any atom is -0.278 e. The standard InChI is InChI=1S/C27H30N4O3S2/c1-5-6-17-30(4)36(33,34)23-14-12-21(13-15-23)26(32)31(18-22-9-7-8-16-28-22)27-29-24-19(2)10-11-20(3)25(24)35-27/h7-16H,5-6,17-18H2,1-4H3. The lowest BCUT2D eigenvalue weighted by molar-refractivity contribution is 0.0984. The lowest BCUT2D eigenvalue weighted by Gasteiger charge is -2.20. The van der Waals surface area contributed by atoms with Gasteiger partial charge in [-0.2, -0.15) is 0 Å². The van der Waals surface area contributed by atoms with Gasteiger partial charge in [0.25, 0.3) is 5.91 Å². The molecule has 0 aliphatic heterocycles. The molecule has 2 aromatic carbocycles. The molecule has 1 amide bonds. The van der Waals surface area contributed by atoms with Crippen LogP contribution >= 0.6 is 11.3 Å². The first-order chi connectivity index (χ1) is 17.2. The van der Waals surface area contributed by atoms with Crippen LogP contribution in [0.3, 0.4) is 0 Å². The quantitative estimate of drug-likeness (QED) is 0.287. The van der Waals surface area contributed by atoms with Gasteiger partial charge in [-0.3, -0.25) is 14.7 Å². The lowest BCUT2D eigenvalue weighted by Crippen LogP contribution is -2.31. The average Bonchev–Trinajstić information content (AvgIpc) is 3.35. The number of aryl methyl sites for hydroxylation is 2. The molecule has 4 rings (SSSR count). The molecule has 4 aromatic rings. The SMILES string of the molecule is CCCCN(C)S(=O)(=O)c1ccc(C(=O)N(Cc2ccccn2)c2nc3c(C)ccc(C)c3s2)cc1. The molecule has 0 saturated heterocycles. The lowest BCUT2D eigenvalue weighted by atomic mass is 10.1. The Hall–Kier alpha value is -3.14. The van der Waals surface area contributed by atoms with Crippen LogP contribution in [0.1, 0.15) is 46.9 Å². The number of sulfonamides is 1. The predicted octanol–water partition coefficient (Wildman–Crippen LogP) is 5.58. The molecule has 0 aliphatic carbocycles. The van der Waals surface area contributed by atoms with Gasteiger partial charge < -0.3 is 0 Å². The van der Waals surface area contributed by atoms with Crippen LogP contribution in [0.25, 0.3) is 10.2 Å². The van der Waals surface area contributed by atoms with Crippen LogP contribution < -0.4 is 4.90 Å². The highest BCUT2D eigenvalue weighted by atomic mass is 32.2. The van der Waals surface area contributed by atoms with Crippen molar-refractivity contribution < 1.29 is 13.2 Å². The van der Waals surface area contributed by atoms with Crippen LogP contribution in [0.15, 0.2) is 65.7 Å². The first-order valence-electron chi connectivity index (χ1n) is 11.9. The molecular weight excluding hydrogens is 492 g/mol. The molecule has 0 bridgehead atoms. The number of aromatic nitrogens is 2. The van der Waals surface area contributed by atoms with Crippen molar-refractivity contribution >= 4 is 42.6 Å². The van der Waals surface area contributed by atoms with Crippen LogP contribution in [0, 0.1) is 13.8 Å². The largest absolute Gasteiger partial charge is 0.278 e. The van der Waals surface area contributed by atoms with E-state index in [-0.39, 0.29) is 17.3 Å². The average molecular weight is 523 g/mol. The molecule has 9 heteroatoms. The summed E-state index contributed by atoms with van der Waals surface area (Å²) in [5.41, 5.74) is 4.14. The fourth-order valence-corrected chi connectivity index (χ4v) is 6.17. The first kappa shape index (κ1) is 25.9. The molecule has 0 spiro atoms. The number of amides is 1. The van der Waals surface area contributed by atoms with Crippen LogP contribution in [0.2, 0.25) is 0 Å². The van der Waals surface area contributed by atoms with Gasteiger partial charge in [0.15, 0.2) is 5.13 Å². The Balaban J connectivity index is 1.69. The van der Waals surface area contributed by atoms with Crippen molar-refractivity contribution in [3.63, 3.8) is 0 Å². The monoisotopic (exact) mass is 522 g/mol. The highest BCUT2D eigenvalue weighted by Gasteiger charge is 2.25. The van der Waals surface area contributed by atoms with Crippen molar-refractivity contribution in [1.29, 1.82) is 0 Å². The summed E-state index contributed by atoms with van der Waals surface area (Å²) in [5, 5.41) is 0.578. The molecule has 2 aromatic heterocycles. The van der Waals surface area contributed by atoms with Crippen molar-refractivity contribution in [2.75, 3.05) is 18.5 Å². The molecule has 0 unspecified atom stereocenters. The molecule has 0 atom stereocenters. The van der Waals surface area contributed by atoms with Crippen molar-refractivity contribution in [3.8, 4) is 0 Å². The molecule has 188 valence electrons. The Morgan fingerprint density at radius 1 is 1.00 bits per heavy atom. The highest BCUT2D eigenvalue weighted by Crippen LogP contribution is 2.34. The fourth-order valence-electron chi connectivity index (χ4n) is 3.85. The van der Waals surface area contributed by atoms with Crippen LogP contribution in [0.5, 0.6) is 0 Å². The zero-order valence-electron chi connectivity index (χ0n) is 20.9. The number of fused-ring (bicyclic) bond motifs is 1. The van der Waals surface area contributed by atoms with E-state index in [1.807, 2.05) is 45.0 Å². The van der Waals surface area contributed by atoms with Gasteiger partial charge in [0.05, 0.1) is 27.4 Å². The number of anilines is 1. The number of rotatable bonds is 9. The summed E-state index contributed by atoms with van der Waals surface area (Å²) in [5.74, 6) is -0.265. The van der Waals surface area contributed by atoms with E-state index < -0.39 is 10.0 Å². The molecule has 0 fully saturated rings. The summed E-state index contributed by atoms with van der Waals surface area (Å²) in [4.78, 5) is 24.7. The van der Waals surface area contributed by atoms with Crippen molar-refractivity contribution in [2.24, 2.45) is 0 Å². The maximum atomic E-state index is 13.7. The minimum absolute atomic E-state index is 0.167. The molecule has 0 radical (unpaired) electrons. The van der Waals surface area contributed by atoms with Gasteiger partial charge in [-0.05, 0) is 67.8 Å². The number of carbonyl (C=O) groups is 1. The second kappa shape index (κ2) is 10.9. The van der Waals surface area contributed by atoms with Crippen molar-refractivity contribution in [3.05, 3.63) is 83.2 Å². The number of carbonyl (C=O) groups excluding carboxylic acids is 1. The maximum absolute atomic E-state index is 13.7. The zero-order chi connectivity index (χ0) is 25.9. The molecule has 36 heavy (non-hydrogen) atoms. The zero-order valence-corrected chi connectivity index (χ0v) is 22.6. The van der Waals surface area contributed by atoms with E-state index in [1.54, 1.807) is 30.3 Å². The smallest absolute Gasteiger partial charge is 0.260 e. The van der Waals surface area contributed by atoms with Gasteiger partial charge >= 0.3 is 0 Å². The van der Waals surface area contributed by atoms with E-state index in [2.05, 4.69) is 11.1 Å². The van der Waals surface area contributed by atoms with E-state index >= 15 is 0 Å². The van der Waals surface area contributed by atoms with E-state index in [4.69, 9.17) is 4.98 Å². The van der Waals surface area contributed by atoms with Crippen molar-refractivity contribution in [2.45, 2.75) is 45.1 Å². The van der Waals surface area contributed by atoms with Crippen LogP contribution in [-0.4, -0.2) is 42.2 Å². The van der Waals surface area contributed by atoms with Gasteiger partial charge in [0.2, 0.25) is 10.0 Å². The maximum Gasteiger partial charge on any atom is 0.260 e. The summed E-state index contributed by atoms with van der Waals surface area (Å²) in [6, 6.07) is 15.8. The topological polar surface area (TPSA) is 83.5 Å². The van der Waals surface area contributed by atoms with Crippen LogP contribution in [-0.2, 0) is 16.6 Å².